The minimum absolute atomic E-state index is 0.0811. The topological polar surface area (TPSA) is 91.6 Å². The lowest BCUT2D eigenvalue weighted by Gasteiger charge is -2.31. The number of piperazine rings is 1. The minimum atomic E-state index is -0.990. The maximum Gasteiger partial charge on any atom is 0.322 e. The van der Waals surface area contributed by atoms with Gasteiger partial charge >= 0.3 is 5.97 Å². The number of carboxylic acid groups (broad SMARTS) is 1. The fraction of sp³-hybridized carbons (Fsp3) is 0.312. The average Bonchev–Trinajstić information content (AvgIpc) is 2.57. The summed E-state index contributed by atoms with van der Waals surface area (Å²) in [6.07, 6.45) is 0. The van der Waals surface area contributed by atoms with E-state index >= 15 is 0 Å². The Hall–Kier alpha value is -2.67. The van der Waals surface area contributed by atoms with Gasteiger partial charge in [-0.15, -0.1) is 0 Å². The Morgan fingerprint density at radius 3 is 2.78 bits per heavy atom. The maximum absolute atomic E-state index is 12.8. The molecule has 1 amide bonds. The zero-order valence-electron chi connectivity index (χ0n) is 12.7. The SMILES string of the molecule is Cn1c(=O)cc(C(=O)N2CCNC(C(=O)O)C2)c2ccccc21. The van der Waals surface area contributed by atoms with E-state index < -0.39 is 12.0 Å². The highest BCUT2D eigenvalue weighted by molar-refractivity contribution is 6.06. The number of fused-ring (bicyclic) bond motifs is 1. The predicted octanol–water partition coefficient (Wildman–Crippen LogP) is 0.0371. The van der Waals surface area contributed by atoms with Gasteiger partial charge in [0.25, 0.3) is 11.5 Å². The number of hydrogen-bond acceptors (Lipinski definition) is 4. The van der Waals surface area contributed by atoms with Gasteiger partial charge in [-0.05, 0) is 6.07 Å². The van der Waals surface area contributed by atoms with Gasteiger partial charge in [0.1, 0.15) is 6.04 Å². The summed E-state index contributed by atoms with van der Waals surface area (Å²) < 4.78 is 1.49. The van der Waals surface area contributed by atoms with E-state index in [0.717, 1.165) is 0 Å². The van der Waals surface area contributed by atoms with Crippen LogP contribution in [0.3, 0.4) is 0 Å². The van der Waals surface area contributed by atoms with Crippen molar-refractivity contribution in [3.8, 4) is 0 Å². The Morgan fingerprint density at radius 1 is 1.30 bits per heavy atom. The van der Waals surface area contributed by atoms with Gasteiger partial charge in [-0.25, -0.2) is 0 Å². The second kappa shape index (κ2) is 5.85. The quantitative estimate of drug-likeness (QED) is 0.816. The summed E-state index contributed by atoms with van der Waals surface area (Å²) in [4.78, 5) is 37.5. The summed E-state index contributed by atoms with van der Waals surface area (Å²) in [5, 5.41) is 12.6. The summed E-state index contributed by atoms with van der Waals surface area (Å²) in [5.41, 5.74) is 0.722. The Morgan fingerprint density at radius 2 is 2.04 bits per heavy atom. The summed E-state index contributed by atoms with van der Waals surface area (Å²) in [5.74, 6) is -1.30. The fourth-order valence-electron chi connectivity index (χ4n) is 2.86. The number of nitrogens with zero attached hydrogens (tertiary/aromatic N) is 2. The van der Waals surface area contributed by atoms with Crippen molar-refractivity contribution in [1.82, 2.24) is 14.8 Å². The van der Waals surface area contributed by atoms with Crippen LogP contribution < -0.4 is 10.9 Å². The monoisotopic (exact) mass is 315 g/mol. The number of pyridine rings is 1. The molecule has 23 heavy (non-hydrogen) atoms. The lowest BCUT2D eigenvalue weighted by Crippen LogP contribution is -2.55. The molecule has 0 spiro atoms. The standard InChI is InChI=1S/C16H17N3O4/c1-18-13-5-3-2-4-10(13)11(8-14(18)20)15(21)19-7-6-17-12(9-19)16(22)23/h2-5,8,12,17H,6-7,9H2,1H3,(H,22,23). The number of carboxylic acids is 1. The molecule has 1 aliphatic heterocycles. The Balaban J connectivity index is 2.03. The number of carbonyl (C=O) groups is 2. The van der Waals surface area contributed by atoms with Crippen LogP contribution in [-0.4, -0.2) is 52.1 Å². The highest BCUT2D eigenvalue weighted by Gasteiger charge is 2.29. The molecule has 7 nitrogen and oxygen atoms in total. The Kier molecular flexibility index (Phi) is 3.87. The molecule has 1 atom stereocenters. The van der Waals surface area contributed by atoms with Crippen LogP contribution >= 0.6 is 0 Å². The molecule has 1 aromatic carbocycles. The van der Waals surface area contributed by atoms with E-state index in [0.29, 0.717) is 29.6 Å². The van der Waals surface area contributed by atoms with E-state index in [1.54, 1.807) is 31.3 Å². The van der Waals surface area contributed by atoms with Crippen LogP contribution in [-0.2, 0) is 11.8 Å². The molecule has 0 radical (unpaired) electrons. The molecule has 1 fully saturated rings. The molecule has 1 saturated heterocycles. The Bertz CT molecular complexity index is 843. The van der Waals surface area contributed by atoms with Crippen molar-refractivity contribution in [1.29, 1.82) is 0 Å². The molecule has 2 N–H and O–H groups in total. The zero-order chi connectivity index (χ0) is 16.6. The lowest BCUT2D eigenvalue weighted by atomic mass is 10.1. The van der Waals surface area contributed by atoms with Gasteiger partial charge in [-0.1, -0.05) is 18.2 Å². The van der Waals surface area contributed by atoms with Crippen LogP contribution in [0.2, 0.25) is 0 Å². The normalized spacial score (nSPS) is 18.1. The Labute approximate surface area is 132 Å². The molecule has 0 bridgehead atoms. The number of benzene rings is 1. The second-order valence-corrected chi connectivity index (χ2v) is 5.57. The number of para-hydroxylation sites is 1. The van der Waals surface area contributed by atoms with E-state index in [9.17, 15) is 14.4 Å². The van der Waals surface area contributed by atoms with Crippen LogP contribution in [0.1, 0.15) is 10.4 Å². The molecule has 2 aromatic rings. The smallest absolute Gasteiger partial charge is 0.322 e. The van der Waals surface area contributed by atoms with Crippen LogP contribution in [0.15, 0.2) is 35.1 Å². The molecular weight excluding hydrogens is 298 g/mol. The van der Waals surface area contributed by atoms with E-state index in [1.807, 2.05) is 0 Å². The largest absolute Gasteiger partial charge is 0.480 e. The summed E-state index contributed by atoms with van der Waals surface area (Å²) >= 11 is 0. The molecule has 0 saturated carbocycles. The third-order valence-corrected chi connectivity index (χ3v) is 4.15. The number of carbonyl (C=O) groups excluding carboxylic acids is 1. The molecule has 0 aliphatic carbocycles. The van der Waals surface area contributed by atoms with Gasteiger partial charge in [0, 0.05) is 38.1 Å². The van der Waals surface area contributed by atoms with E-state index in [2.05, 4.69) is 5.32 Å². The molecule has 2 heterocycles. The summed E-state index contributed by atoms with van der Waals surface area (Å²) in [7, 11) is 1.66. The van der Waals surface area contributed by atoms with Crippen molar-refractivity contribution in [3.63, 3.8) is 0 Å². The molecule has 1 unspecified atom stereocenters. The third-order valence-electron chi connectivity index (χ3n) is 4.15. The zero-order valence-corrected chi connectivity index (χ0v) is 12.7. The van der Waals surface area contributed by atoms with Gasteiger partial charge < -0.3 is 19.9 Å². The van der Waals surface area contributed by atoms with Gasteiger partial charge in [0.15, 0.2) is 0 Å². The summed E-state index contributed by atoms with van der Waals surface area (Å²) in [6.45, 7) is 0.898. The van der Waals surface area contributed by atoms with Crippen LogP contribution in [0.4, 0.5) is 0 Å². The van der Waals surface area contributed by atoms with E-state index in [1.165, 1.54) is 15.5 Å². The van der Waals surface area contributed by atoms with Crippen molar-refractivity contribution >= 4 is 22.8 Å². The first kappa shape index (κ1) is 15.2. The molecule has 7 heteroatoms. The van der Waals surface area contributed by atoms with Crippen LogP contribution in [0.5, 0.6) is 0 Å². The number of amides is 1. The van der Waals surface area contributed by atoms with Crippen LogP contribution in [0, 0.1) is 0 Å². The van der Waals surface area contributed by atoms with Crippen molar-refractivity contribution in [3.05, 3.63) is 46.2 Å². The van der Waals surface area contributed by atoms with Crippen molar-refractivity contribution in [2.45, 2.75) is 6.04 Å². The molecule has 120 valence electrons. The van der Waals surface area contributed by atoms with Gasteiger partial charge in [0.05, 0.1) is 11.1 Å². The van der Waals surface area contributed by atoms with Gasteiger partial charge in [0.2, 0.25) is 0 Å². The highest BCUT2D eigenvalue weighted by Crippen LogP contribution is 2.18. The lowest BCUT2D eigenvalue weighted by molar-refractivity contribution is -0.140. The number of aryl methyl sites for hydroxylation is 1. The van der Waals surface area contributed by atoms with E-state index in [4.69, 9.17) is 5.11 Å². The number of hydrogen-bond donors (Lipinski definition) is 2. The van der Waals surface area contributed by atoms with Gasteiger partial charge in [-0.3, -0.25) is 14.4 Å². The molecule has 1 aromatic heterocycles. The van der Waals surface area contributed by atoms with Crippen molar-refractivity contribution in [2.24, 2.45) is 7.05 Å². The number of rotatable bonds is 2. The van der Waals surface area contributed by atoms with Crippen molar-refractivity contribution < 1.29 is 14.7 Å². The van der Waals surface area contributed by atoms with Crippen molar-refractivity contribution in [2.75, 3.05) is 19.6 Å². The highest BCUT2D eigenvalue weighted by atomic mass is 16.4. The molecule has 1 aliphatic rings. The fourth-order valence-corrected chi connectivity index (χ4v) is 2.86. The first-order valence-electron chi connectivity index (χ1n) is 7.33. The number of nitrogens with one attached hydrogen (secondary N) is 1. The minimum Gasteiger partial charge on any atom is -0.480 e. The maximum atomic E-state index is 12.8. The first-order chi connectivity index (χ1) is 11.0. The number of aromatic nitrogens is 1. The second-order valence-electron chi connectivity index (χ2n) is 5.57. The molecular formula is C16H17N3O4. The number of aliphatic carboxylic acids is 1. The predicted molar refractivity (Wildman–Crippen MR) is 84.5 cm³/mol. The molecule has 3 rings (SSSR count). The third kappa shape index (κ3) is 2.70. The summed E-state index contributed by atoms with van der Waals surface area (Å²) in [6, 6.07) is 7.72. The first-order valence-corrected chi connectivity index (χ1v) is 7.33. The van der Waals surface area contributed by atoms with Crippen LogP contribution in [0.25, 0.3) is 10.9 Å². The van der Waals surface area contributed by atoms with E-state index in [-0.39, 0.29) is 18.0 Å². The van der Waals surface area contributed by atoms with Gasteiger partial charge in [-0.2, -0.15) is 0 Å². The average molecular weight is 315 g/mol.